The molecule has 0 saturated carbocycles. The second kappa shape index (κ2) is 9.01. The number of methoxy groups -OCH3 is 1. The quantitative estimate of drug-likeness (QED) is 0.502. The minimum atomic E-state index is -0.822. The average Bonchev–Trinajstić information content (AvgIpc) is 3.25. The number of hydrogen-bond donors (Lipinski definition) is 2. The SMILES string of the molecule is COc1ccc(F)c(-c2cccc(Oc3ccc([C@@]4(CC(=O)O)CCCN4)cc3)c2C)c1. The lowest BCUT2D eigenvalue weighted by molar-refractivity contribution is -0.138. The predicted molar refractivity (Wildman–Crippen MR) is 121 cm³/mol. The first-order chi connectivity index (χ1) is 15.4. The Labute approximate surface area is 186 Å². The van der Waals surface area contributed by atoms with Crippen LogP contribution in [0, 0.1) is 12.7 Å². The molecule has 1 heterocycles. The zero-order valence-corrected chi connectivity index (χ0v) is 18.2. The molecule has 5 nitrogen and oxygen atoms in total. The Morgan fingerprint density at radius 2 is 1.84 bits per heavy atom. The van der Waals surface area contributed by atoms with Gasteiger partial charge in [0.1, 0.15) is 23.1 Å². The molecule has 2 N–H and O–H groups in total. The molecule has 3 aromatic carbocycles. The Kier molecular flexibility index (Phi) is 6.15. The van der Waals surface area contributed by atoms with Crippen LogP contribution in [-0.4, -0.2) is 24.7 Å². The lowest BCUT2D eigenvalue weighted by Gasteiger charge is -2.28. The van der Waals surface area contributed by atoms with Crippen LogP contribution in [0.1, 0.15) is 30.4 Å². The van der Waals surface area contributed by atoms with Crippen molar-refractivity contribution in [2.75, 3.05) is 13.7 Å². The Balaban J connectivity index is 1.60. The second-order valence-electron chi connectivity index (χ2n) is 8.08. The van der Waals surface area contributed by atoms with E-state index >= 15 is 0 Å². The van der Waals surface area contributed by atoms with E-state index in [9.17, 15) is 14.3 Å². The van der Waals surface area contributed by atoms with Crippen LogP contribution >= 0.6 is 0 Å². The zero-order chi connectivity index (χ0) is 22.7. The molecule has 4 rings (SSSR count). The summed E-state index contributed by atoms with van der Waals surface area (Å²) in [6, 6.07) is 17.7. The molecule has 0 aromatic heterocycles. The number of rotatable bonds is 7. The molecule has 166 valence electrons. The lowest BCUT2D eigenvalue weighted by Crippen LogP contribution is -2.38. The molecule has 0 radical (unpaired) electrons. The monoisotopic (exact) mass is 435 g/mol. The topological polar surface area (TPSA) is 67.8 Å². The molecule has 0 spiro atoms. The van der Waals surface area contributed by atoms with Gasteiger partial charge in [0.15, 0.2) is 0 Å². The van der Waals surface area contributed by atoms with E-state index in [0.717, 1.165) is 36.1 Å². The minimum Gasteiger partial charge on any atom is -0.497 e. The number of aliphatic carboxylic acids is 1. The molecule has 32 heavy (non-hydrogen) atoms. The maximum absolute atomic E-state index is 14.5. The number of carbonyl (C=O) groups is 1. The summed E-state index contributed by atoms with van der Waals surface area (Å²) in [6.07, 6.45) is 1.77. The van der Waals surface area contributed by atoms with E-state index in [1.807, 2.05) is 49.4 Å². The third-order valence-corrected chi connectivity index (χ3v) is 6.08. The maximum atomic E-state index is 14.5. The molecule has 1 fully saturated rings. The zero-order valence-electron chi connectivity index (χ0n) is 18.2. The third-order valence-electron chi connectivity index (χ3n) is 6.08. The minimum absolute atomic E-state index is 0.0421. The lowest BCUT2D eigenvalue weighted by atomic mass is 9.85. The highest BCUT2D eigenvalue weighted by molar-refractivity contribution is 5.72. The van der Waals surface area contributed by atoms with Crippen molar-refractivity contribution in [1.82, 2.24) is 5.32 Å². The standard InChI is InChI=1S/C26H26FNO4/c1-17-21(22-15-20(31-2)11-12-23(22)27)5-3-6-24(17)32-19-9-7-18(8-10-19)26(16-25(29)30)13-4-14-28-26/h3,5-12,15,28H,4,13-14,16H2,1-2H3,(H,29,30)/t26-/m0/s1. The van der Waals surface area contributed by atoms with E-state index in [0.29, 0.717) is 22.8 Å². The van der Waals surface area contributed by atoms with Gasteiger partial charge in [0.25, 0.3) is 0 Å². The van der Waals surface area contributed by atoms with Gasteiger partial charge in [-0.3, -0.25) is 4.79 Å². The van der Waals surface area contributed by atoms with Gasteiger partial charge in [0.2, 0.25) is 0 Å². The molecular formula is C26H26FNO4. The summed E-state index contributed by atoms with van der Waals surface area (Å²) in [6.45, 7) is 2.70. The highest BCUT2D eigenvalue weighted by atomic mass is 19.1. The fourth-order valence-corrected chi connectivity index (χ4v) is 4.39. The van der Waals surface area contributed by atoms with E-state index in [4.69, 9.17) is 9.47 Å². The molecule has 6 heteroatoms. The smallest absolute Gasteiger partial charge is 0.305 e. The average molecular weight is 435 g/mol. The number of nitrogens with one attached hydrogen (secondary N) is 1. The van der Waals surface area contributed by atoms with Crippen LogP contribution in [0.4, 0.5) is 4.39 Å². The van der Waals surface area contributed by atoms with Gasteiger partial charge >= 0.3 is 5.97 Å². The normalized spacial score (nSPS) is 17.8. The van der Waals surface area contributed by atoms with E-state index in [1.54, 1.807) is 19.2 Å². The summed E-state index contributed by atoms with van der Waals surface area (Å²) in [4.78, 5) is 11.4. The first-order valence-electron chi connectivity index (χ1n) is 10.6. The van der Waals surface area contributed by atoms with Crippen LogP contribution in [-0.2, 0) is 10.3 Å². The van der Waals surface area contributed by atoms with Gasteiger partial charge in [-0.25, -0.2) is 4.39 Å². The van der Waals surface area contributed by atoms with Crippen molar-refractivity contribution < 1.29 is 23.8 Å². The van der Waals surface area contributed by atoms with Crippen LogP contribution in [0.3, 0.4) is 0 Å². The van der Waals surface area contributed by atoms with Crippen LogP contribution in [0.15, 0.2) is 60.7 Å². The highest BCUT2D eigenvalue weighted by Gasteiger charge is 2.37. The molecule has 0 amide bonds. The number of halogens is 1. The maximum Gasteiger partial charge on any atom is 0.305 e. The van der Waals surface area contributed by atoms with Crippen molar-refractivity contribution in [1.29, 1.82) is 0 Å². The van der Waals surface area contributed by atoms with Crippen molar-refractivity contribution >= 4 is 5.97 Å². The van der Waals surface area contributed by atoms with Crippen molar-refractivity contribution in [2.45, 2.75) is 31.7 Å². The molecule has 0 bridgehead atoms. The Morgan fingerprint density at radius 1 is 1.09 bits per heavy atom. The molecule has 1 atom stereocenters. The summed E-state index contributed by atoms with van der Waals surface area (Å²) in [5, 5.41) is 12.7. The van der Waals surface area contributed by atoms with Crippen molar-refractivity contribution in [3.8, 4) is 28.4 Å². The Hall–Kier alpha value is -3.38. The van der Waals surface area contributed by atoms with Crippen LogP contribution in [0.5, 0.6) is 17.2 Å². The molecule has 0 unspecified atom stereocenters. The summed E-state index contributed by atoms with van der Waals surface area (Å²) in [7, 11) is 1.55. The first kappa shape index (κ1) is 21.8. The van der Waals surface area contributed by atoms with Gasteiger partial charge in [-0.15, -0.1) is 0 Å². The Morgan fingerprint density at radius 3 is 2.50 bits per heavy atom. The van der Waals surface area contributed by atoms with E-state index < -0.39 is 11.5 Å². The molecular weight excluding hydrogens is 409 g/mol. The van der Waals surface area contributed by atoms with E-state index in [1.165, 1.54) is 6.07 Å². The summed E-state index contributed by atoms with van der Waals surface area (Å²) in [5.41, 5.74) is 2.39. The van der Waals surface area contributed by atoms with Crippen molar-refractivity contribution in [2.24, 2.45) is 0 Å². The van der Waals surface area contributed by atoms with Gasteiger partial charge in [-0.2, -0.15) is 0 Å². The largest absolute Gasteiger partial charge is 0.497 e. The van der Waals surface area contributed by atoms with Gasteiger partial charge in [0, 0.05) is 5.56 Å². The number of benzene rings is 3. The van der Waals surface area contributed by atoms with Crippen LogP contribution in [0.25, 0.3) is 11.1 Å². The fraction of sp³-hybridized carbons (Fsp3) is 0.269. The fourth-order valence-electron chi connectivity index (χ4n) is 4.39. The molecule has 0 aliphatic carbocycles. The van der Waals surface area contributed by atoms with E-state index in [-0.39, 0.29) is 12.2 Å². The predicted octanol–water partition coefficient (Wildman–Crippen LogP) is 5.66. The third kappa shape index (κ3) is 4.32. The highest BCUT2D eigenvalue weighted by Crippen LogP contribution is 2.38. The molecule has 3 aromatic rings. The molecule has 1 aliphatic rings. The van der Waals surface area contributed by atoms with Gasteiger partial charge in [-0.05, 0) is 79.4 Å². The number of carboxylic acid groups (broad SMARTS) is 1. The second-order valence-corrected chi connectivity index (χ2v) is 8.08. The van der Waals surface area contributed by atoms with Crippen LogP contribution in [0.2, 0.25) is 0 Å². The van der Waals surface area contributed by atoms with Crippen molar-refractivity contribution in [3.05, 3.63) is 77.6 Å². The van der Waals surface area contributed by atoms with Crippen molar-refractivity contribution in [3.63, 3.8) is 0 Å². The number of ether oxygens (including phenoxy) is 2. The van der Waals surface area contributed by atoms with E-state index in [2.05, 4.69) is 5.32 Å². The molecule has 1 saturated heterocycles. The number of hydrogen-bond acceptors (Lipinski definition) is 4. The number of carboxylic acids is 1. The summed E-state index contributed by atoms with van der Waals surface area (Å²) in [5.74, 6) is 0.680. The first-order valence-corrected chi connectivity index (χ1v) is 10.6. The Bertz CT molecular complexity index is 1120. The molecule has 1 aliphatic heterocycles. The van der Waals surface area contributed by atoms with Gasteiger partial charge < -0.3 is 19.9 Å². The summed E-state index contributed by atoms with van der Waals surface area (Å²) >= 11 is 0. The van der Waals surface area contributed by atoms with Gasteiger partial charge in [0.05, 0.1) is 19.1 Å². The van der Waals surface area contributed by atoms with Crippen LogP contribution < -0.4 is 14.8 Å². The summed E-state index contributed by atoms with van der Waals surface area (Å²) < 4.78 is 25.9. The van der Waals surface area contributed by atoms with Gasteiger partial charge in [-0.1, -0.05) is 24.3 Å².